The molecule has 6 nitrogen and oxygen atoms in total. The van der Waals surface area contributed by atoms with E-state index < -0.39 is 30.8 Å². The summed E-state index contributed by atoms with van der Waals surface area (Å²) in [5.74, 6) is -1.98. The van der Waals surface area contributed by atoms with Crippen molar-refractivity contribution in [2.75, 3.05) is 19.8 Å². The molecule has 3 N–H and O–H groups in total. The van der Waals surface area contributed by atoms with Crippen LogP contribution in [0.2, 0.25) is 0 Å². The summed E-state index contributed by atoms with van der Waals surface area (Å²) in [6.45, 7) is -1.88. The van der Waals surface area contributed by atoms with Crippen LogP contribution in [0.25, 0.3) is 0 Å². The Balaban J connectivity index is 3.52. The second-order valence-corrected chi connectivity index (χ2v) is 3.41. The first-order valence-electron chi connectivity index (χ1n) is 5.04. The molecule has 18 heavy (non-hydrogen) atoms. The van der Waals surface area contributed by atoms with Crippen LogP contribution in [0.15, 0.2) is 0 Å². The fourth-order valence-electron chi connectivity index (χ4n) is 0.913. The summed E-state index contributed by atoms with van der Waals surface area (Å²) < 4.78 is 39.1. The standard InChI is InChI=1S/C9H14F3NO5/c10-9(11,12)5-18-4-2-7(15)13-3-1-6(14)8(16)17/h6,14H,1-5H2,(H,13,15)(H,16,17)/t6-/m0/s1. The summed E-state index contributed by atoms with van der Waals surface area (Å²) in [4.78, 5) is 21.2. The molecule has 0 heterocycles. The van der Waals surface area contributed by atoms with Crippen LogP contribution in [0.5, 0.6) is 0 Å². The monoisotopic (exact) mass is 273 g/mol. The van der Waals surface area contributed by atoms with Crippen molar-refractivity contribution in [3.8, 4) is 0 Å². The summed E-state index contributed by atoms with van der Waals surface area (Å²) >= 11 is 0. The zero-order valence-electron chi connectivity index (χ0n) is 9.37. The van der Waals surface area contributed by atoms with E-state index in [0.29, 0.717) is 0 Å². The molecular formula is C9H14F3NO5. The second kappa shape index (κ2) is 7.88. The van der Waals surface area contributed by atoms with E-state index in [4.69, 9.17) is 10.2 Å². The van der Waals surface area contributed by atoms with Gasteiger partial charge in [-0.15, -0.1) is 0 Å². The smallest absolute Gasteiger partial charge is 0.411 e. The Bertz CT molecular complexity index is 282. The minimum Gasteiger partial charge on any atom is -0.479 e. The third-order valence-corrected chi connectivity index (χ3v) is 1.76. The average molecular weight is 273 g/mol. The molecule has 0 aromatic carbocycles. The minimum atomic E-state index is -4.43. The molecule has 0 aliphatic rings. The lowest BCUT2D eigenvalue weighted by Gasteiger charge is -2.09. The third kappa shape index (κ3) is 9.85. The Morgan fingerprint density at radius 2 is 1.94 bits per heavy atom. The van der Waals surface area contributed by atoms with Gasteiger partial charge in [-0.2, -0.15) is 13.2 Å². The summed E-state index contributed by atoms with van der Waals surface area (Å²) in [5, 5.41) is 19.4. The molecule has 0 aliphatic heterocycles. The van der Waals surface area contributed by atoms with Crippen molar-refractivity contribution < 1.29 is 37.7 Å². The van der Waals surface area contributed by atoms with Crippen molar-refractivity contribution in [1.82, 2.24) is 5.32 Å². The van der Waals surface area contributed by atoms with E-state index in [9.17, 15) is 22.8 Å². The number of hydrogen-bond acceptors (Lipinski definition) is 4. The number of alkyl halides is 3. The minimum absolute atomic E-state index is 0.0778. The number of aliphatic hydroxyl groups excluding tert-OH is 1. The van der Waals surface area contributed by atoms with E-state index in [1.165, 1.54) is 0 Å². The van der Waals surface area contributed by atoms with Crippen LogP contribution in [-0.2, 0) is 14.3 Å². The van der Waals surface area contributed by atoms with Crippen molar-refractivity contribution in [1.29, 1.82) is 0 Å². The van der Waals surface area contributed by atoms with E-state index in [1.807, 2.05) is 0 Å². The number of carboxylic acid groups (broad SMARTS) is 1. The molecule has 106 valence electrons. The number of carbonyl (C=O) groups excluding carboxylic acids is 1. The molecule has 0 unspecified atom stereocenters. The predicted octanol–water partition coefficient (Wildman–Crippen LogP) is -0.0928. The van der Waals surface area contributed by atoms with Gasteiger partial charge in [-0.25, -0.2) is 4.79 Å². The Hall–Kier alpha value is -1.35. The third-order valence-electron chi connectivity index (χ3n) is 1.76. The van der Waals surface area contributed by atoms with E-state index in [2.05, 4.69) is 10.1 Å². The van der Waals surface area contributed by atoms with Gasteiger partial charge < -0.3 is 20.3 Å². The number of aliphatic hydroxyl groups is 1. The van der Waals surface area contributed by atoms with Gasteiger partial charge in [-0.1, -0.05) is 0 Å². The van der Waals surface area contributed by atoms with Crippen LogP contribution in [0.1, 0.15) is 12.8 Å². The SMILES string of the molecule is O=C(CCOCC(F)(F)F)NCC[C@H](O)C(=O)O. The van der Waals surface area contributed by atoms with E-state index in [0.717, 1.165) is 0 Å². The maximum atomic E-state index is 11.6. The van der Waals surface area contributed by atoms with Crippen LogP contribution in [0, 0.1) is 0 Å². The first-order chi connectivity index (χ1) is 8.22. The molecule has 0 rings (SSSR count). The van der Waals surface area contributed by atoms with E-state index in [1.54, 1.807) is 0 Å². The Morgan fingerprint density at radius 3 is 2.44 bits per heavy atom. The molecule has 0 bridgehead atoms. The Labute approximate surface area is 101 Å². The van der Waals surface area contributed by atoms with Crippen LogP contribution in [-0.4, -0.2) is 54.1 Å². The normalized spacial score (nSPS) is 13.1. The summed E-state index contributed by atoms with van der Waals surface area (Å²) in [6, 6.07) is 0. The first-order valence-corrected chi connectivity index (χ1v) is 5.04. The number of carboxylic acids is 1. The molecular weight excluding hydrogens is 259 g/mol. The number of hydrogen-bond donors (Lipinski definition) is 3. The van der Waals surface area contributed by atoms with Crippen LogP contribution in [0.4, 0.5) is 13.2 Å². The highest BCUT2D eigenvalue weighted by atomic mass is 19.4. The lowest BCUT2D eigenvalue weighted by Crippen LogP contribution is -2.30. The van der Waals surface area contributed by atoms with E-state index in [-0.39, 0.29) is 26.0 Å². The van der Waals surface area contributed by atoms with Crippen molar-refractivity contribution in [3.63, 3.8) is 0 Å². The zero-order chi connectivity index (χ0) is 14.2. The summed E-state index contributed by atoms with van der Waals surface area (Å²) in [6.07, 6.45) is -6.45. The van der Waals surface area contributed by atoms with Crippen molar-refractivity contribution >= 4 is 11.9 Å². The van der Waals surface area contributed by atoms with Gasteiger partial charge in [0.15, 0.2) is 6.10 Å². The average Bonchev–Trinajstić information content (AvgIpc) is 2.22. The van der Waals surface area contributed by atoms with Crippen molar-refractivity contribution in [2.45, 2.75) is 25.1 Å². The van der Waals surface area contributed by atoms with Crippen LogP contribution in [0.3, 0.4) is 0 Å². The van der Waals surface area contributed by atoms with Crippen molar-refractivity contribution in [3.05, 3.63) is 0 Å². The Morgan fingerprint density at radius 1 is 1.33 bits per heavy atom. The summed E-state index contributed by atoms with van der Waals surface area (Å²) in [7, 11) is 0. The molecule has 0 fully saturated rings. The van der Waals surface area contributed by atoms with Gasteiger partial charge in [0.25, 0.3) is 0 Å². The summed E-state index contributed by atoms with van der Waals surface area (Å²) in [5.41, 5.74) is 0. The van der Waals surface area contributed by atoms with E-state index >= 15 is 0 Å². The van der Waals surface area contributed by atoms with Gasteiger partial charge in [0.2, 0.25) is 5.91 Å². The molecule has 0 saturated carbocycles. The highest BCUT2D eigenvalue weighted by Crippen LogP contribution is 2.14. The van der Waals surface area contributed by atoms with Crippen LogP contribution < -0.4 is 5.32 Å². The molecule has 0 spiro atoms. The van der Waals surface area contributed by atoms with Gasteiger partial charge in [0, 0.05) is 19.4 Å². The zero-order valence-corrected chi connectivity index (χ0v) is 9.37. The van der Waals surface area contributed by atoms with Gasteiger partial charge in [-0.05, 0) is 0 Å². The number of halogens is 3. The quantitative estimate of drug-likeness (QED) is 0.537. The highest BCUT2D eigenvalue weighted by molar-refractivity contribution is 5.76. The lowest BCUT2D eigenvalue weighted by molar-refractivity contribution is -0.174. The number of amides is 1. The predicted molar refractivity (Wildman–Crippen MR) is 52.8 cm³/mol. The number of carbonyl (C=O) groups is 2. The largest absolute Gasteiger partial charge is 0.479 e. The Kier molecular flexibility index (Phi) is 7.29. The molecule has 0 aromatic rings. The van der Waals surface area contributed by atoms with Crippen molar-refractivity contribution in [2.24, 2.45) is 0 Å². The number of nitrogens with one attached hydrogen (secondary N) is 1. The molecule has 1 atom stereocenters. The van der Waals surface area contributed by atoms with Crippen LogP contribution >= 0.6 is 0 Å². The molecule has 0 aromatic heterocycles. The van der Waals surface area contributed by atoms with Gasteiger partial charge in [0.05, 0.1) is 6.61 Å². The molecule has 0 aliphatic carbocycles. The lowest BCUT2D eigenvalue weighted by atomic mass is 10.2. The second-order valence-electron chi connectivity index (χ2n) is 3.41. The fourth-order valence-corrected chi connectivity index (χ4v) is 0.913. The highest BCUT2D eigenvalue weighted by Gasteiger charge is 2.27. The van der Waals surface area contributed by atoms with Gasteiger partial charge >= 0.3 is 12.1 Å². The molecule has 9 heteroatoms. The van der Waals surface area contributed by atoms with Gasteiger partial charge in [-0.3, -0.25) is 4.79 Å². The maximum absolute atomic E-state index is 11.6. The van der Waals surface area contributed by atoms with Gasteiger partial charge in [0.1, 0.15) is 6.61 Å². The molecule has 1 amide bonds. The number of rotatable bonds is 8. The molecule has 0 radical (unpaired) electrons. The molecule has 0 saturated heterocycles. The first kappa shape index (κ1) is 16.6. The number of ether oxygens (including phenoxy) is 1. The topological polar surface area (TPSA) is 95.9 Å². The fraction of sp³-hybridized carbons (Fsp3) is 0.778. The maximum Gasteiger partial charge on any atom is 0.411 e. The number of aliphatic carboxylic acids is 1.